The second kappa shape index (κ2) is 8.16. The highest BCUT2D eigenvalue weighted by atomic mass is 32.2. The van der Waals surface area contributed by atoms with Crippen LogP contribution in [0.4, 0.5) is 18.9 Å². The molecule has 0 aliphatic carbocycles. The van der Waals surface area contributed by atoms with Gasteiger partial charge in [-0.1, -0.05) is 30.3 Å². The van der Waals surface area contributed by atoms with E-state index in [1.807, 2.05) is 30.3 Å². The highest BCUT2D eigenvalue weighted by Gasteiger charge is 2.32. The van der Waals surface area contributed by atoms with Crippen molar-refractivity contribution in [2.75, 3.05) is 11.4 Å². The van der Waals surface area contributed by atoms with E-state index >= 15 is 0 Å². The van der Waals surface area contributed by atoms with E-state index in [9.17, 15) is 18.3 Å². The van der Waals surface area contributed by atoms with Crippen molar-refractivity contribution in [3.05, 3.63) is 83.3 Å². The minimum atomic E-state index is -4.35. The van der Waals surface area contributed by atoms with Gasteiger partial charge in [-0.3, -0.25) is 0 Å². The molecule has 7 heteroatoms. The maximum absolute atomic E-state index is 13.1. The third-order valence-corrected chi connectivity index (χ3v) is 6.33. The third kappa shape index (κ3) is 4.46. The lowest BCUT2D eigenvalue weighted by molar-refractivity contribution is -0.137. The molecular formula is C22H20F3NO2S. The van der Waals surface area contributed by atoms with E-state index in [2.05, 4.69) is 4.90 Å². The Morgan fingerprint density at radius 1 is 1.03 bits per heavy atom. The van der Waals surface area contributed by atoms with Crippen LogP contribution in [0.5, 0.6) is 0 Å². The van der Waals surface area contributed by atoms with Gasteiger partial charge in [0.25, 0.3) is 0 Å². The lowest BCUT2D eigenvalue weighted by Gasteiger charge is -2.23. The Labute approximate surface area is 171 Å². The summed E-state index contributed by atoms with van der Waals surface area (Å²) < 4.78 is 45.1. The molecule has 1 aromatic heterocycles. The Hall–Kier alpha value is -2.38. The normalized spacial score (nSPS) is 17.1. The number of fused-ring (bicyclic) bond motifs is 1. The largest absolute Gasteiger partial charge is 0.462 e. The van der Waals surface area contributed by atoms with E-state index in [0.29, 0.717) is 30.8 Å². The average Bonchev–Trinajstić information content (AvgIpc) is 3.09. The predicted molar refractivity (Wildman–Crippen MR) is 107 cm³/mol. The summed E-state index contributed by atoms with van der Waals surface area (Å²) in [4.78, 5) is 3.21. The van der Waals surface area contributed by atoms with Crippen LogP contribution in [0, 0.1) is 0 Å². The van der Waals surface area contributed by atoms with Crippen molar-refractivity contribution in [1.29, 1.82) is 0 Å². The number of benzene rings is 2. The summed E-state index contributed by atoms with van der Waals surface area (Å²) in [6.07, 6.45) is -3.65. The minimum Gasteiger partial charge on any atom is -0.462 e. The molecule has 2 aromatic carbocycles. The number of aliphatic hydroxyl groups excluding tert-OH is 1. The highest BCUT2D eigenvalue weighted by molar-refractivity contribution is 7.99. The van der Waals surface area contributed by atoms with Gasteiger partial charge in [0.2, 0.25) is 0 Å². The number of alkyl halides is 3. The van der Waals surface area contributed by atoms with Crippen LogP contribution < -0.4 is 4.90 Å². The van der Waals surface area contributed by atoms with Crippen LogP contribution >= 0.6 is 11.8 Å². The van der Waals surface area contributed by atoms with Crippen molar-refractivity contribution < 1.29 is 22.7 Å². The van der Waals surface area contributed by atoms with Gasteiger partial charge in [-0.15, -0.1) is 11.8 Å². The number of furan rings is 1. The summed E-state index contributed by atoms with van der Waals surface area (Å²) in [6, 6.07) is 17.1. The lowest BCUT2D eigenvalue weighted by atomic mass is 10.1. The molecule has 0 unspecified atom stereocenters. The molecular weight excluding hydrogens is 399 g/mol. The van der Waals surface area contributed by atoms with Crippen LogP contribution in [0.2, 0.25) is 0 Å². The summed E-state index contributed by atoms with van der Waals surface area (Å²) in [6.45, 7) is 1.07. The molecule has 4 rings (SSSR count). The van der Waals surface area contributed by atoms with Crippen LogP contribution in [-0.2, 0) is 19.3 Å². The SMILES string of the molecule is OCc1ccc(CN2CC[C@@H](c3cccc(C(F)(F)F)c3)Sc3ccccc32)o1. The number of thioether (sulfide) groups is 1. The van der Waals surface area contributed by atoms with Gasteiger partial charge in [-0.05, 0) is 42.3 Å². The number of para-hydroxylation sites is 1. The molecule has 152 valence electrons. The first-order chi connectivity index (χ1) is 13.9. The molecule has 0 spiro atoms. The Morgan fingerprint density at radius 2 is 1.83 bits per heavy atom. The van der Waals surface area contributed by atoms with Crippen molar-refractivity contribution in [2.45, 2.75) is 35.9 Å². The van der Waals surface area contributed by atoms with Crippen molar-refractivity contribution in [1.82, 2.24) is 0 Å². The fourth-order valence-corrected chi connectivity index (χ4v) is 4.81. The molecule has 1 aliphatic rings. The van der Waals surface area contributed by atoms with Crippen LogP contribution in [0.15, 0.2) is 70.0 Å². The van der Waals surface area contributed by atoms with Crippen LogP contribution in [0.25, 0.3) is 0 Å². The second-order valence-corrected chi connectivity index (χ2v) is 8.18. The molecule has 3 nitrogen and oxygen atoms in total. The molecule has 3 aromatic rings. The van der Waals surface area contributed by atoms with Gasteiger partial charge >= 0.3 is 6.18 Å². The first-order valence-corrected chi connectivity index (χ1v) is 10.2. The fraction of sp³-hybridized carbons (Fsp3) is 0.273. The number of aliphatic hydroxyl groups is 1. The van der Waals surface area contributed by atoms with Gasteiger partial charge in [-0.25, -0.2) is 0 Å². The van der Waals surface area contributed by atoms with Gasteiger partial charge < -0.3 is 14.4 Å². The maximum Gasteiger partial charge on any atom is 0.416 e. The Balaban J connectivity index is 1.61. The van der Waals surface area contributed by atoms with E-state index in [-0.39, 0.29) is 11.9 Å². The molecule has 0 amide bonds. The zero-order valence-corrected chi connectivity index (χ0v) is 16.3. The molecule has 1 atom stereocenters. The number of rotatable bonds is 4. The standard InChI is InChI=1S/C22H20F3NO2S/c23-22(24,25)16-5-3-4-15(12-16)20-10-11-26(13-17-8-9-18(14-27)28-17)19-6-1-2-7-21(19)29-20/h1-9,12,20,27H,10-11,13-14H2/t20-/m0/s1. The number of hydrogen-bond donors (Lipinski definition) is 1. The van der Waals surface area contributed by atoms with Crippen LogP contribution in [0.1, 0.15) is 34.3 Å². The number of halogens is 3. The average molecular weight is 419 g/mol. The minimum absolute atomic E-state index is 0.0759. The van der Waals surface area contributed by atoms with Crippen LogP contribution in [-0.4, -0.2) is 11.7 Å². The fourth-order valence-electron chi connectivity index (χ4n) is 3.52. The lowest BCUT2D eigenvalue weighted by Crippen LogP contribution is -2.23. The Morgan fingerprint density at radius 3 is 2.59 bits per heavy atom. The third-order valence-electron chi connectivity index (χ3n) is 4.94. The Bertz CT molecular complexity index is 986. The quantitative estimate of drug-likeness (QED) is 0.560. The van der Waals surface area contributed by atoms with Gasteiger partial charge in [0.1, 0.15) is 18.1 Å². The predicted octanol–water partition coefficient (Wildman–Crippen LogP) is 6.03. The first kappa shape index (κ1) is 19.9. The topological polar surface area (TPSA) is 36.6 Å². The van der Waals surface area contributed by atoms with Crippen LogP contribution in [0.3, 0.4) is 0 Å². The summed E-state index contributed by atoms with van der Waals surface area (Å²) in [5.41, 5.74) is 1.10. The van der Waals surface area contributed by atoms with Crippen molar-refractivity contribution in [3.63, 3.8) is 0 Å². The first-order valence-electron chi connectivity index (χ1n) is 9.30. The molecule has 0 radical (unpaired) electrons. The number of hydrogen-bond acceptors (Lipinski definition) is 4. The molecule has 1 N–H and O–H groups in total. The van der Waals surface area contributed by atoms with E-state index in [1.54, 1.807) is 23.9 Å². The summed E-state index contributed by atoms with van der Waals surface area (Å²) in [5.74, 6) is 1.26. The van der Waals surface area contributed by atoms with E-state index in [0.717, 1.165) is 22.4 Å². The molecule has 0 fully saturated rings. The summed E-state index contributed by atoms with van der Waals surface area (Å²) in [7, 11) is 0. The molecule has 2 heterocycles. The summed E-state index contributed by atoms with van der Waals surface area (Å²) >= 11 is 1.59. The zero-order chi connectivity index (χ0) is 20.4. The van der Waals surface area contributed by atoms with Gasteiger partial charge in [-0.2, -0.15) is 13.2 Å². The molecule has 0 saturated heterocycles. The van der Waals surface area contributed by atoms with Gasteiger partial charge in [0, 0.05) is 16.7 Å². The number of anilines is 1. The summed E-state index contributed by atoms with van der Waals surface area (Å²) in [5, 5.41) is 9.13. The van der Waals surface area contributed by atoms with Crippen molar-refractivity contribution >= 4 is 17.4 Å². The van der Waals surface area contributed by atoms with Gasteiger partial charge in [0.05, 0.1) is 17.8 Å². The second-order valence-electron chi connectivity index (χ2n) is 6.93. The van der Waals surface area contributed by atoms with Crippen molar-refractivity contribution in [2.24, 2.45) is 0 Å². The van der Waals surface area contributed by atoms with E-state index < -0.39 is 11.7 Å². The number of nitrogens with zero attached hydrogens (tertiary/aromatic N) is 1. The van der Waals surface area contributed by atoms with E-state index in [4.69, 9.17) is 4.42 Å². The molecule has 0 saturated carbocycles. The van der Waals surface area contributed by atoms with Crippen molar-refractivity contribution in [3.8, 4) is 0 Å². The zero-order valence-electron chi connectivity index (χ0n) is 15.5. The smallest absolute Gasteiger partial charge is 0.416 e. The molecule has 0 bridgehead atoms. The monoisotopic (exact) mass is 419 g/mol. The maximum atomic E-state index is 13.1. The van der Waals surface area contributed by atoms with E-state index in [1.165, 1.54) is 12.1 Å². The van der Waals surface area contributed by atoms with Gasteiger partial charge in [0.15, 0.2) is 0 Å². The molecule has 29 heavy (non-hydrogen) atoms. The highest BCUT2D eigenvalue weighted by Crippen LogP contribution is 2.46. The molecule has 1 aliphatic heterocycles. The Kier molecular flexibility index (Phi) is 5.61.